The SMILES string of the molecule is Cc1ccc(S(=O)(=O)N2CCCCC2)cc1NC(=O)Cc1c(F)cccc1Cl. The zero-order valence-corrected chi connectivity index (χ0v) is 17.1. The number of piperidine rings is 1. The number of benzene rings is 2. The number of rotatable bonds is 5. The van der Waals surface area contributed by atoms with Crippen molar-refractivity contribution >= 4 is 33.2 Å². The van der Waals surface area contributed by atoms with Gasteiger partial charge in [0.15, 0.2) is 0 Å². The number of carbonyl (C=O) groups is 1. The molecule has 1 amide bonds. The van der Waals surface area contributed by atoms with Crippen molar-refractivity contribution in [3.05, 3.63) is 58.4 Å². The van der Waals surface area contributed by atoms with Crippen LogP contribution in [0.25, 0.3) is 0 Å². The molecule has 1 saturated heterocycles. The number of anilines is 1. The first-order chi connectivity index (χ1) is 13.3. The van der Waals surface area contributed by atoms with Gasteiger partial charge >= 0.3 is 0 Å². The average Bonchev–Trinajstić information content (AvgIpc) is 2.67. The number of sulfonamides is 1. The molecule has 1 fully saturated rings. The molecule has 0 saturated carbocycles. The van der Waals surface area contributed by atoms with E-state index in [2.05, 4.69) is 5.32 Å². The van der Waals surface area contributed by atoms with Crippen molar-refractivity contribution in [2.75, 3.05) is 18.4 Å². The highest BCUT2D eigenvalue weighted by molar-refractivity contribution is 7.89. The highest BCUT2D eigenvalue weighted by Crippen LogP contribution is 2.26. The van der Waals surface area contributed by atoms with Crippen molar-refractivity contribution in [2.45, 2.75) is 37.5 Å². The summed E-state index contributed by atoms with van der Waals surface area (Å²) in [5.74, 6) is -1.02. The lowest BCUT2D eigenvalue weighted by molar-refractivity contribution is -0.115. The molecule has 0 unspecified atom stereocenters. The molecule has 0 aliphatic carbocycles. The summed E-state index contributed by atoms with van der Waals surface area (Å²) in [4.78, 5) is 12.5. The van der Waals surface area contributed by atoms with Crippen molar-refractivity contribution in [3.8, 4) is 0 Å². The Bertz CT molecular complexity index is 969. The molecule has 2 aromatic carbocycles. The van der Waals surface area contributed by atoms with Crippen LogP contribution in [0.4, 0.5) is 10.1 Å². The van der Waals surface area contributed by atoms with Gasteiger partial charge < -0.3 is 5.32 Å². The van der Waals surface area contributed by atoms with Crippen molar-refractivity contribution in [1.82, 2.24) is 4.31 Å². The molecule has 28 heavy (non-hydrogen) atoms. The summed E-state index contributed by atoms with van der Waals surface area (Å²) in [6, 6.07) is 8.89. The number of nitrogens with zero attached hydrogens (tertiary/aromatic N) is 1. The molecule has 5 nitrogen and oxygen atoms in total. The fraction of sp³-hybridized carbons (Fsp3) is 0.350. The van der Waals surface area contributed by atoms with Gasteiger partial charge in [-0.1, -0.05) is 30.2 Å². The monoisotopic (exact) mass is 424 g/mol. The third-order valence-corrected chi connectivity index (χ3v) is 7.08. The van der Waals surface area contributed by atoms with E-state index >= 15 is 0 Å². The van der Waals surface area contributed by atoms with Crippen LogP contribution >= 0.6 is 11.6 Å². The van der Waals surface area contributed by atoms with E-state index in [0.29, 0.717) is 24.3 Å². The minimum absolute atomic E-state index is 0.108. The largest absolute Gasteiger partial charge is 0.326 e. The first kappa shape index (κ1) is 20.8. The quantitative estimate of drug-likeness (QED) is 0.784. The Balaban J connectivity index is 1.81. The Morgan fingerprint density at radius 1 is 1.18 bits per heavy atom. The van der Waals surface area contributed by atoms with Gasteiger partial charge in [0, 0.05) is 29.4 Å². The van der Waals surface area contributed by atoms with Crippen molar-refractivity contribution < 1.29 is 17.6 Å². The summed E-state index contributed by atoms with van der Waals surface area (Å²) in [6.45, 7) is 2.77. The molecular weight excluding hydrogens is 403 g/mol. The number of halogens is 2. The van der Waals surface area contributed by atoms with E-state index in [1.54, 1.807) is 19.1 Å². The number of amides is 1. The van der Waals surface area contributed by atoms with Gasteiger partial charge in [0.1, 0.15) is 5.82 Å². The molecule has 1 aliphatic heterocycles. The van der Waals surface area contributed by atoms with Gasteiger partial charge in [0.05, 0.1) is 11.3 Å². The van der Waals surface area contributed by atoms with E-state index in [4.69, 9.17) is 11.6 Å². The molecule has 0 aromatic heterocycles. The Kier molecular flexibility index (Phi) is 6.37. The van der Waals surface area contributed by atoms with E-state index in [0.717, 1.165) is 19.3 Å². The number of hydrogen-bond acceptors (Lipinski definition) is 3. The molecule has 0 radical (unpaired) electrons. The molecule has 2 aromatic rings. The zero-order chi connectivity index (χ0) is 20.3. The van der Waals surface area contributed by atoms with Crippen molar-refractivity contribution in [1.29, 1.82) is 0 Å². The fourth-order valence-corrected chi connectivity index (χ4v) is 4.98. The van der Waals surface area contributed by atoms with E-state index in [-0.39, 0.29) is 21.9 Å². The van der Waals surface area contributed by atoms with Gasteiger partial charge in [-0.25, -0.2) is 12.8 Å². The molecule has 150 valence electrons. The lowest BCUT2D eigenvalue weighted by Gasteiger charge is -2.26. The van der Waals surface area contributed by atoms with E-state index in [1.165, 1.54) is 28.6 Å². The van der Waals surface area contributed by atoms with E-state index in [9.17, 15) is 17.6 Å². The van der Waals surface area contributed by atoms with Gasteiger partial charge in [0.2, 0.25) is 15.9 Å². The molecule has 1 aliphatic rings. The van der Waals surface area contributed by atoms with Crippen LogP contribution in [0.1, 0.15) is 30.4 Å². The van der Waals surface area contributed by atoms with Crippen molar-refractivity contribution in [2.24, 2.45) is 0 Å². The van der Waals surface area contributed by atoms with Crippen LogP contribution in [-0.2, 0) is 21.2 Å². The minimum Gasteiger partial charge on any atom is -0.326 e. The first-order valence-corrected chi connectivity index (χ1v) is 10.9. The van der Waals surface area contributed by atoms with E-state index in [1.807, 2.05) is 0 Å². The topological polar surface area (TPSA) is 66.5 Å². The van der Waals surface area contributed by atoms with Gasteiger partial charge in [0.25, 0.3) is 0 Å². The standard InChI is InChI=1S/C20H22ClFN2O3S/c1-14-8-9-15(28(26,27)24-10-3-2-4-11-24)12-19(14)23-20(25)13-16-17(21)6-5-7-18(16)22/h5-9,12H,2-4,10-11,13H2,1H3,(H,23,25). The molecule has 3 rings (SSSR count). The van der Waals surface area contributed by atoms with Crippen LogP contribution in [0.2, 0.25) is 5.02 Å². The third kappa shape index (κ3) is 4.54. The van der Waals surface area contributed by atoms with Crippen LogP contribution in [0.5, 0.6) is 0 Å². The molecular formula is C20H22ClFN2O3S. The van der Waals surface area contributed by atoms with Crippen LogP contribution < -0.4 is 5.32 Å². The zero-order valence-electron chi connectivity index (χ0n) is 15.5. The molecule has 8 heteroatoms. The molecule has 1 heterocycles. The normalized spacial score (nSPS) is 15.4. The predicted octanol–water partition coefficient (Wildman–Crippen LogP) is 4.14. The summed E-state index contributed by atoms with van der Waals surface area (Å²) in [6.07, 6.45) is 2.48. The molecule has 1 N–H and O–H groups in total. The number of aryl methyl sites for hydroxylation is 1. The van der Waals surface area contributed by atoms with Gasteiger partial charge in [-0.05, 0) is 49.6 Å². The summed E-state index contributed by atoms with van der Waals surface area (Å²) in [5.41, 5.74) is 1.21. The fourth-order valence-electron chi connectivity index (χ4n) is 3.21. The van der Waals surface area contributed by atoms with Crippen LogP contribution in [0, 0.1) is 12.7 Å². The third-order valence-electron chi connectivity index (χ3n) is 4.83. The van der Waals surface area contributed by atoms with Gasteiger partial charge in [-0.15, -0.1) is 0 Å². The maximum absolute atomic E-state index is 13.9. The highest BCUT2D eigenvalue weighted by atomic mass is 35.5. The number of nitrogens with one attached hydrogen (secondary N) is 1. The second-order valence-corrected chi connectivity index (χ2v) is 9.21. The van der Waals surface area contributed by atoms with Crippen LogP contribution in [0.3, 0.4) is 0 Å². The minimum atomic E-state index is -3.61. The van der Waals surface area contributed by atoms with E-state index < -0.39 is 21.7 Å². The lowest BCUT2D eigenvalue weighted by Crippen LogP contribution is -2.35. The Morgan fingerprint density at radius 2 is 1.89 bits per heavy atom. The second kappa shape index (κ2) is 8.59. The van der Waals surface area contributed by atoms with Crippen LogP contribution in [-0.4, -0.2) is 31.7 Å². The first-order valence-electron chi connectivity index (χ1n) is 9.12. The summed E-state index contributed by atoms with van der Waals surface area (Å²) < 4.78 is 41.1. The van der Waals surface area contributed by atoms with Crippen LogP contribution in [0.15, 0.2) is 41.3 Å². The van der Waals surface area contributed by atoms with Crippen molar-refractivity contribution in [3.63, 3.8) is 0 Å². The second-order valence-electron chi connectivity index (χ2n) is 6.87. The summed E-state index contributed by atoms with van der Waals surface area (Å²) in [5, 5.41) is 2.86. The average molecular weight is 425 g/mol. The predicted molar refractivity (Wildman–Crippen MR) is 108 cm³/mol. The number of carbonyl (C=O) groups excluding carboxylic acids is 1. The maximum Gasteiger partial charge on any atom is 0.243 e. The molecule has 0 bridgehead atoms. The van der Waals surface area contributed by atoms with Gasteiger partial charge in [-0.3, -0.25) is 4.79 Å². The number of hydrogen-bond donors (Lipinski definition) is 1. The highest BCUT2D eigenvalue weighted by Gasteiger charge is 2.26. The smallest absolute Gasteiger partial charge is 0.243 e. The Morgan fingerprint density at radius 3 is 2.57 bits per heavy atom. The Labute approximate surface area is 169 Å². The molecule has 0 atom stereocenters. The van der Waals surface area contributed by atoms with Gasteiger partial charge in [-0.2, -0.15) is 4.31 Å². The lowest BCUT2D eigenvalue weighted by atomic mass is 10.1. The molecule has 0 spiro atoms. The maximum atomic E-state index is 13.9. The summed E-state index contributed by atoms with van der Waals surface area (Å²) in [7, 11) is -3.61. The summed E-state index contributed by atoms with van der Waals surface area (Å²) >= 11 is 5.97. The Hall–Kier alpha value is -1.96.